The fourth-order valence-corrected chi connectivity index (χ4v) is 1.44. The van der Waals surface area contributed by atoms with Crippen molar-refractivity contribution in [2.45, 2.75) is 12.5 Å². The third-order valence-corrected chi connectivity index (χ3v) is 2.23. The molecule has 16 heavy (non-hydrogen) atoms. The molecule has 0 saturated carbocycles. The molecule has 1 atom stereocenters. The van der Waals surface area contributed by atoms with Crippen LogP contribution in [0.1, 0.15) is 18.3 Å². The Kier molecular flexibility index (Phi) is 2.78. The van der Waals surface area contributed by atoms with Gasteiger partial charge in [-0.25, -0.2) is 9.97 Å². The molecule has 2 aromatic rings. The zero-order valence-electron chi connectivity index (χ0n) is 8.50. The first-order chi connectivity index (χ1) is 7.66. The first-order valence-corrected chi connectivity index (χ1v) is 4.86. The number of rotatable bonds is 3. The summed E-state index contributed by atoms with van der Waals surface area (Å²) in [7, 11) is 0. The Bertz CT molecular complexity index is 527. The summed E-state index contributed by atoms with van der Waals surface area (Å²) in [5.74, 6) is -0.592. The maximum absolute atomic E-state index is 10.5. The van der Waals surface area contributed by atoms with Gasteiger partial charge in [-0.1, -0.05) is 18.2 Å². The van der Waals surface area contributed by atoms with E-state index in [4.69, 9.17) is 10.8 Å². The lowest BCUT2D eigenvalue weighted by Gasteiger charge is -2.07. The molecule has 2 rings (SSSR count). The van der Waals surface area contributed by atoms with Gasteiger partial charge in [-0.2, -0.15) is 0 Å². The quantitative estimate of drug-likeness (QED) is 0.803. The van der Waals surface area contributed by atoms with Crippen LogP contribution in [-0.2, 0) is 4.79 Å². The maximum atomic E-state index is 10.5. The number of carbonyl (C=O) groups is 1. The minimum atomic E-state index is -0.954. The Labute approximate surface area is 91.9 Å². The summed E-state index contributed by atoms with van der Waals surface area (Å²) in [5, 5.41) is 9.53. The summed E-state index contributed by atoms with van der Waals surface area (Å²) in [6, 6.07) is 6.82. The molecule has 1 unspecified atom stereocenters. The third-order valence-electron chi connectivity index (χ3n) is 2.23. The lowest BCUT2D eigenvalue weighted by molar-refractivity contribution is -0.137. The molecule has 5 heteroatoms. The predicted octanol–water partition coefficient (Wildman–Crippen LogP) is 1.10. The van der Waals surface area contributed by atoms with Gasteiger partial charge in [0.05, 0.1) is 18.0 Å². The molecule has 0 aliphatic carbocycles. The number of hydrogen-bond acceptors (Lipinski definition) is 4. The summed E-state index contributed by atoms with van der Waals surface area (Å²) in [5.41, 5.74) is 6.45. The number of aliphatic carboxylic acids is 1. The molecule has 0 bridgehead atoms. The van der Waals surface area contributed by atoms with Crippen LogP contribution in [0.3, 0.4) is 0 Å². The van der Waals surface area contributed by atoms with Gasteiger partial charge in [-0.15, -0.1) is 0 Å². The number of aromatic nitrogens is 2. The molecule has 1 heterocycles. The molecule has 1 aromatic carbocycles. The van der Waals surface area contributed by atoms with Crippen LogP contribution in [-0.4, -0.2) is 21.0 Å². The van der Waals surface area contributed by atoms with Gasteiger partial charge >= 0.3 is 5.97 Å². The number of fused-ring (bicyclic) bond motifs is 1. The van der Waals surface area contributed by atoms with Crippen molar-refractivity contribution in [2.75, 3.05) is 0 Å². The van der Waals surface area contributed by atoms with Gasteiger partial charge in [0.1, 0.15) is 5.82 Å². The predicted molar refractivity (Wildman–Crippen MR) is 58.7 cm³/mol. The normalized spacial score (nSPS) is 12.6. The van der Waals surface area contributed by atoms with Crippen molar-refractivity contribution >= 4 is 16.9 Å². The van der Waals surface area contributed by atoms with Crippen molar-refractivity contribution in [3.8, 4) is 0 Å². The van der Waals surface area contributed by atoms with E-state index >= 15 is 0 Å². The van der Waals surface area contributed by atoms with Gasteiger partial charge in [0, 0.05) is 11.6 Å². The summed E-state index contributed by atoms with van der Waals surface area (Å²) in [6.07, 6.45) is 1.48. The zero-order chi connectivity index (χ0) is 11.5. The highest BCUT2D eigenvalue weighted by Crippen LogP contribution is 2.14. The summed E-state index contributed by atoms with van der Waals surface area (Å²) < 4.78 is 0. The van der Waals surface area contributed by atoms with E-state index in [1.54, 1.807) is 6.20 Å². The highest BCUT2D eigenvalue weighted by Gasteiger charge is 2.13. The number of carboxylic acids is 1. The highest BCUT2D eigenvalue weighted by atomic mass is 16.4. The lowest BCUT2D eigenvalue weighted by Crippen LogP contribution is -2.17. The van der Waals surface area contributed by atoms with E-state index in [1.165, 1.54) is 0 Å². The van der Waals surface area contributed by atoms with E-state index in [0.29, 0.717) is 5.82 Å². The number of nitrogens with zero attached hydrogens (tertiary/aromatic N) is 2. The second-order valence-electron chi connectivity index (χ2n) is 3.49. The summed E-state index contributed by atoms with van der Waals surface area (Å²) in [4.78, 5) is 18.8. The molecule has 0 saturated heterocycles. The van der Waals surface area contributed by atoms with Crippen LogP contribution in [0.5, 0.6) is 0 Å². The molecule has 3 N–H and O–H groups in total. The van der Waals surface area contributed by atoms with Crippen LogP contribution in [0.15, 0.2) is 30.5 Å². The van der Waals surface area contributed by atoms with Gasteiger partial charge < -0.3 is 10.8 Å². The van der Waals surface area contributed by atoms with E-state index in [-0.39, 0.29) is 6.42 Å². The summed E-state index contributed by atoms with van der Waals surface area (Å²) in [6.45, 7) is 0. The van der Waals surface area contributed by atoms with Gasteiger partial charge in [0.15, 0.2) is 0 Å². The average Bonchev–Trinajstić information content (AvgIpc) is 2.27. The molecule has 0 amide bonds. The Morgan fingerprint density at radius 2 is 2.19 bits per heavy atom. The number of nitrogens with two attached hydrogens (primary N) is 1. The molecular weight excluding hydrogens is 206 g/mol. The molecule has 0 radical (unpaired) electrons. The van der Waals surface area contributed by atoms with Gasteiger partial charge in [-0.05, 0) is 6.07 Å². The van der Waals surface area contributed by atoms with E-state index < -0.39 is 12.0 Å². The minimum Gasteiger partial charge on any atom is -0.481 e. The first kappa shape index (κ1) is 10.5. The fraction of sp³-hybridized carbons (Fsp3) is 0.182. The number of benzene rings is 1. The summed E-state index contributed by atoms with van der Waals surface area (Å²) >= 11 is 0. The molecular formula is C11H11N3O2. The second kappa shape index (κ2) is 4.24. The molecule has 0 aliphatic heterocycles. The smallest absolute Gasteiger partial charge is 0.305 e. The van der Waals surface area contributed by atoms with Crippen LogP contribution in [0.4, 0.5) is 0 Å². The van der Waals surface area contributed by atoms with Crippen LogP contribution in [0.2, 0.25) is 0 Å². The molecule has 82 valence electrons. The minimum absolute atomic E-state index is 0.168. The van der Waals surface area contributed by atoms with Crippen molar-refractivity contribution < 1.29 is 9.90 Å². The Morgan fingerprint density at radius 1 is 1.44 bits per heavy atom. The topological polar surface area (TPSA) is 89.1 Å². The Hall–Kier alpha value is -2.01. The number of para-hydroxylation sites is 1. The Balaban J connectivity index is 2.35. The van der Waals surface area contributed by atoms with Crippen LogP contribution in [0.25, 0.3) is 10.9 Å². The number of hydrogen-bond donors (Lipinski definition) is 2. The van der Waals surface area contributed by atoms with Crippen molar-refractivity contribution in [1.82, 2.24) is 9.97 Å². The largest absolute Gasteiger partial charge is 0.481 e. The van der Waals surface area contributed by atoms with Gasteiger partial charge in [0.25, 0.3) is 0 Å². The fourth-order valence-electron chi connectivity index (χ4n) is 1.44. The monoisotopic (exact) mass is 217 g/mol. The molecule has 1 aromatic heterocycles. The van der Waals surface area contributed by atoms with E-state index in [1.807, 2.05) is 24.3 Å². The molecule has 5 nitrogen and oxygen atoms in total. The highest BCUT2D eigenvalue weighted by molar-refractivity contribution is 5.77. The lowest BCUT2D eigenvalue weighted by atomic mass is 10.2. The van der Waals surface area contributed by atoms with Crippen LogP contribution in [0, 0.1) is 0 Å². The van der Waals surface area contributed by atoms with Crippen LogP contribution < -0.4 is 5.73 Å². The molecule has 0 aliphatic rings. The van der Waals surface area contributed by atoms with E-state index in [2.05, 4.69) is 9.97 Å². The van der Waals surface area contributed by atoms with Crippen molar-refractivity contribution in [3.05, 3.63) is 36.3 Å². The van der Waals surface area contributed by atoms with Crippen molar-refractivity contribution in [1.29, 1.82) is 0 Å². The van der Waals surface area contributed by atoms with E-state index in [0.717, 1.165) is 10.9 Å². The third kappa shape index (κ3) is 2.14. The van der Waals surface area contributed by atoms with E-state index in [9.17, 15) is 4.79 Å². The van der Waals surface area contributed by atoms with Crippen LogP contribution >= 0.6 is 0 Å². The SMILES string of the molecule is NC(CC(=O)O)c1ncc2ccccc2n1. The first-order valence-electron chi connectivity index (χ1n) is 4.86. The van der Waals surface area contributed by atoms with Crippen molar-refractivity contribution in [2.24, 2.45) is 5.73 Å². The number of carboxylic acid groups (broad SMARTS) is 1. The van der Waals surface area contributed by atoms with Gasteiger partial charge in [-0.3, -0.25) is 4.79 Å². The zero-order valence-corrected chi connectivity index (χ0v) is 8.50. The standard InChI is InChI=1S/C11H11N3O2/c12-8(5-10(15)16)11-13-6-7-3-1-2-4-9(7)14-11/h1-4,6,8H,5,12H2,(H,15,16). The Morgan fingerprint density at radius 3 is 2.94 bits per heavy atom. The molecule has 0 fully saturated rings. The maximum Gasteiger partial charge on any atom is 0.305 e. The van der Waals surface area contributed by atoms with Crippen molar-refractivity contribution in [3.63, 3.8) is 0 Å². The molecule has 0 spiro atoms. The van der Waals surface area contributed by atoms with Gasteiger partial charge in [0.2, 0.25) is 0 Å². The average molecular weight is 217 g/mol. The second-order valence-corrected chi connectivity index (χ2v) is 3.49.